The fraction of sp³-hybridized carbons (Fsp3) is 0.429. The number of carbonyl (C=O) groups excluding carboxylic acids is 1. The average molecular weight is 246 g/mol. The second-order valence-electron chi connectivity index (χ2n) is 4.59. The van der Waals surface area contributed by atoms with E-state index in [0.29, 0.717) is 11.3 Å². The van der Waals surface area contributed by atoms with Gasteiger partial charge in [0.15, 0.2) is 5.60 Å². The first-order valence-corrected chi connectivity index (χ1v) is 5.77. The van der Waals surface area contributed by atoms with Gasteiger partial charge < -0.3 is 10.5 Å². The number of ether oxygens (including phenoxy) is 1. The van der Waals surface area contributed by atoms with Crippen molar-refractivity contribution in [3.63, 3.8) is 0 Å². The van der Waals surface area contributed by atoms with Crippen LogP contribution in [0.25, 0.3) is 0 Å². The molecule has 4 heteroatoms. The van der Waals surface area contributed by atoms with Gasteiger partial charge in [0.2, 0.25) is 0 Å². The number of nitriles is 1. The maximum atomic E-state index is 11.3. The fourth-order valence-electron chi connectivity index (χ4n) is 2.15. The zero-order valence-electron chi connectivity index (χ0n) is 11.2. The van der Waals surface area contributed by atoms with Crippen molar-refractivity contribution in [3.8, 4) is 6.07 Å². The van der Waals surface area contributed by atoms with E-state index in [9.17, 15) is 4.79 Å². The molecule has 2 N–H and O–H groups in total. The van der Waals surface area contributed by atoms with Gasteiger partial charge in [0.05, 0.1) is 12.0 Å². The van der Waals surface area contributed by atoms with Crippen LogP contribution in [0.3, 0.4) is 0 Å². The van der Waals surface area contributed by atoms with Crippen LogP contribution in [0.4, 0.5) is 5.69 Å². The lowest BCUT2D eigenvalue weighted by Crippen LogP contribution is -2.36. The standard InChI is InChI=1S/C14H18N2O2/c1-9-6-5-7-12(16)13(9)14(4,10(2)8-15)18-11(3)17/h5-7,10H,16H2,1-4H3. The molecule has 0 aliphatic carbocycles. The molecular formula is C14H18N2O2. The van der Waals surface area contributed by atoms with E-state index in [2.05, 4.69) is 6.07 Å². The highest BCUT2D eigenvalue weighted by atomic mass is 16.6. The van der Waals surface area contributed by atoms with Gasteiger partial charge in [-0.3, -0.25) is 4.79 Å². The van der Waals surface area contributed by atoms with Gasteiger partial charge in [0, 0.05) is 18.2 Å². The Bertz CT molecular complexity index is 485. The topological polar surface area (TPSA) is 76.1 Å². The summed E-state index contributed by atoms with van der Waals surface area (Å²) in [6, 6.07) is 7.59. The highest BCUT2D eigenvalue weighted by Gasteiger charge is 2.39. The summed E-state index contributed by atoms with van der Waals surface area (Å²) in [7, 11) is 0. The number of hydrogen-bond acceptors (Lipinski definition) is 4. The molecular weight excluding hydrogens is 228 g/mol. The second kappa shape index (κ2) is 5.09. The van der Waals surface area contributed by atoms with Gasteiger partial charge in [-0.25, -0.2) is 0 Å². The maximum Gasteiger partial charge on any atom is 0.303 e. The lowest BCUT2D eigenvalue weighted by Gasteiger charge is -2.34. The Hall–Kier alpha value is -2.02. The number of anilines is 1. The predicted molar refractivity (Wildman–Crippen MR) is 69.5 cm³/mol. The zero-order chi connectivity index (χ0) is 13.9. The number of nitrogen functional groups attached to an aromatic ring is 1. The largest absolute Gasteiger partial charge is 0.453 e. The second-order valence-corrected chi connectivity index (χ2v) is 4.59. The van der Waals surface area contributed by atoms with Gasteiger partial charge in [0.1, 0.15) is 0 Å². The Morgan fingerprint density at radius 1 is 1.56 bits per heavy atom. The van der Waals surface area contributed by atoms with Crippen molar-refractivity contribution in [2.75, 3.05) is 5.73 Å². The molecule has 96 valence electrons. The highest BCUT2D eigenvalue weighted by Crippen LogP contribution is 2.38. The minimum Gasteiger partial charge on any atom is -0.453 e. The number of carbonyl (C=O) groups is 1. The Kier molecular flexibility index (Phi) is 3.97. The van der Waals surface area contributed by atoms with E-state index in [1.54, 1.807) is 19.9 Å². The summed E-state index contributed by atoms with van der Waals surface area (Å²) in [5.74, 6) is -0.924. The molecule has 0 saturated heterocycles. The van der Waals surface area contributed by atoms with Gasteiger partial charge in [-0.05, 0) is 32.4 Å². The van der Waals surface area contributed by atoms with Crippen LogP contribution in [0, 0.1) is 24.2 Å². The molecule has 18 heavy (non-hydrogen) atoms. The van der Waals surface area contributed by atoms with Crippen molar-refractivity contribution in [2.45, 2.75) is 33.3 Å². The number of nitrogens with two attached hydrogens (primary N) is 1. The minimum absolute atomic E-state index is 0.428. The molecule has 1 aromatic carbocycles. The van der Waals surface area contributed by atoms with Crippen molar-refractivity contribution in [3.05, 3.63) is 29.3 Å². The van der Waals surface area contributed by atoms with Crippen molar-refractivity contribution in [2.24, 2.45) is 5.92 Å². The van der Waals surface area contributed by atoms with E-state index >= 15 is 0 Å². The third-order valence-electron chi connectivity index (χ3n) is 3.18. The van der Waals surface area contributed by atoms with Crippen molar-refractivity contribution < 1.29 is 9.53 Å². The monoisotopic (exact) mass is 246 g/mol. The molecule has 0 amide bonds. The zero-order valence-corrected chi connectivity index (χ0v) is 11.2. The summed E-state index contributed by atoms with van der Waals surface area (Å²) in [6.07, 6.45) is 0. The van der Waals surface area contributed by atoms with Crippen LogP contribution in [-0.2, 0) is 15.1 Å². The molecule has 0 saturated carbocycles. The van der Waals surface area contributed by atoms with Crippen LogP contribution in [0.15, 0.2) is 18.2 Å². The number of rotatable bonds is 3. The molecule has 4 nitrogen and oxygen atoms in total. The van der Waals surface area contributed by atoms with Crippen LogP contribution in [0.2, 0.25) is 0 Å². The molecule has 0 bridgehead atoms. The van der Waals surface area contributed by atoms with Crippen LogP contribution in [-0.4, -0.2) is 5.97 Å². The molecule has 1 aromatic rings. The van der Waals surface area contributed by atoms with Crippen molar-refractivity contribution >= 4 is 11.7 Å². The number of esters is 1. The van der Waals surface area contributed by atoms with E-state index < -0.39 is 17.5 Å². The van der Waals surface area contributed by atoms with E-state index in [4.69, 9.17) is 15.7 Å². The molecule has 2 unspecified atom stereocenters. The molecule has 0 aliphatic rings. The third kappa shape index (κ3) is 2.45. The van der Waals surface area contributed by atoms with E-state index in [-0.39, 0.29) is 0 Å². The van der Waals surface area contributed by atoms with Crippen LogP contribution < -0.4 is 5.73 Å². The SMILES string of the molecule is CC(=O)OC(C)(c1c(C)cccc1N)C(C)C#N. The lowest BCUT2D eigenvalue weighted by molar-refractivity contribution is -0.159. The number of aryl methyl sites for hydroxylation is 1. The molecule has 0 spiro atoms. The van der Waals surface area contributed by atoms with Crippen molar-refractivity contribution in [1.29, 1.82) is 5.26 Å². The summed E-state index contributed by atoms with van der Waals surface area (Å²) in [6.45, 7) is 6.66. The van der Waals surface area contributed by atoms with E-state index in [0.717, 1.165) is 5.56 Å². The molecule has 0 heterocycles. The summed E-state index contributed by atoms with van der Waals surface area (Å²) in [4.78, 5) is 11.3. The molecule has 0 aliphatic heterocycles. The van der Waals surface area contributed by atoms with Gasteiger partial charge in [0.25, 0.3) is 0 Å². The molecule has 1 rings (SSSR count). The molecule has 0 fully saturated rings. The first kappa shape index (κ1) is 14.0. The van der Waals surface area contributed by atoms with Crippen LogP contribution >= 0.6 is 0 Å². The minimum atomic E-state index is -1.03. The summed E-state index contributed by atoms with van der Waals surface area (Å²) < 4.78 is 5.40. The van der Waals surface area contributed by atoms with Crippen LogP contribution in [0.1, 0.15) is 31.9 Å². The Morgan fingerprint density at radius 2 is 2.17 bits per heavy atom. The van der Waals surface area contributed by atoms with Gasteiger partial charge in [-0.15, -0.1) is 0 Å². The molecule has 0 radical (unpaired) electrons. The molecule has 0 aromatic heterocycles. The average Bonchev–Trinajstić information content (AvgIpc) is 2.26. The first-order chi connectivity index (χ1) is 8.32. The lowest BCUT2D eigenvalue weighted by atomic mass is 9.81. The Morgan fingerprint density at radius 3 is 2.61 bits per heavy atom. The smallest absolute Gasteiger partial charge is 0.303 e. The van der Waals surface area contributed by atoms with Gasteiger partial charge in [-0.2, -0.15) is 5.26 Å². The van der Waals surface area contributed by atoms with Crippen LogP contribution in [0.5, 0.6) is 0 Å². The first-order valence-electron chi connectivity index (χ1n) is 5.77. The summed E-state index contributed by atoms with van der Waals surface area (Å²) >= 11 is 0. The Labute approximate surface area is 107 Å². The third-order valence-corrected chi connectivity index (χ3v) is 3.18. The quantitative estimate of drug-likeness (QED) is 0.656. The predicted octanol–water partition coefficient (Wildman–Crippen LogP) is 2.52. The maximum absolute atomic E-state index is 11.3. The van der Waals surface area contributed by atoms with E-state index in [1.807, 2.05) is 19.1 Å². The van der Waals surface area contributed by atoms with Gasteiger partial charge in [-0.1, -0.05) is 12.1 Å². The number of benzene rings is 1. The summed E-state index contributed by atoms with van der Waals surface area (Å²) in [5.41, 5.74) is 7.08. The molecule has 2 atom stereocenters. The Balaban J connectivity index is 3.44. The number of hydrogen-bond donors (Lipinski definition) is 1. The number of nitrogens with zero attached hydrogens (tertiary/aromatic N) is 1. The highest BCUT2D eigenvalue weighted by molar-refractivity contribution is 5.68. The summed E-state index contributed by atoms with van der Waals surface area (Å²) in [5, 5.41) is 9.14. The normalized spacial score (nSPS) is 15.3. The van der Waals surface area contributed by atoms with Gasteiger partial charge >= 0.3 is 5.97 Å². The fourth-order valence-corrected chi connectivity index (χ4v) is 2.15. The van der Waals surface area contributed by atoms with E-state index in [1.165, 1.54) is 6.92 Å². The van der Waals surface area contributed by atoms with Crippen molar-refractivity contribution in [1.82, 2.24) is 0 Å².